The van der Waals surface area contributed by atoms with Crippen LogP contribution in [0.5, 0.6) is 0 Å². The number of fused-ring (bicyclic) bond motifs is 1. The Hall–Kier alpha value is -0.810. The van der Waals surface area contributed by atoms with E-state index in [1.54, 1.807) is 0 Å². The van der Waals surface area contributed by atoms with E-state index >= 15 is 0 Å². The first-order chi connectivity index (χ1) is 6.31. The predicted octanol–water partition coefficient (Wildman–Crippen LogP) is 0.307. The first-order valence-corrected chi connectivity index (χ1v) is 5.38. The Morgan fingerprint density at radius 1 is 1.38 bits per heavy atom. The topological polar surface area (TPSA) is 77.8 Å². The van der Waals surface area contributed by atoms with Crippen molar-refractivity contribution in [3.8, 4) is 0 Å². The molecule has 70 valence electrons. The van der Waals surface area contributed by atoms with Crippen LogP contribution in [0.25, 0.3) is 0 Å². The summed E-state index contributed by atoms with van der Waals surface area (Å²) < 4.78 is 0. The van der Waals surface area contributed by atoms with Gasteiger partial charge in [0.25, 0.3) is 0 Å². The summed E-state index contributed by atoms with van der Waals surface area (Å²) in [5.74, 6) is 2.42. The van der Waals surface area contributed by atoms with Crippen LogP contribution in [0.3, 0.4) is 0 Å². The van der Waals surface area contributed by atoms with E-state index in [9.17, 15) is 0 Å². The van der Waals surface area contributed by atoms with Gasteiger partial charge < -0.3 is 11.5 Å². The lowest BCUT2D eigenvalue weighted by atomic mass is 10.1. The second-order valence-electron chi connectivity index (χ2n) is 2.96. The maximum Gasteiger partial charge on any atom is 0.220 e. The lowest BCUT2D eigenvalue weighted by Gasteiger charge is -2.16. The van der Waals surface area contributed by atoms with Gasteiger partial charge in [0.15, 0.2) is 0 Å². The normalized spacial score (nSPS) is 15.5. The van der Waals surface area contributed by atoms with Gasteiger partial charge in [-0.1, -0.05) is 0 Å². The van der Waals surface area contributed by atoms with Crippen LogP contribution < -0.4 is 11.5 Å². The van der Waals surface area contributed by atoms with Crippen molar-refractivity contribution < 1.29 is 0 Å². The fourth-order valence-electron chi connectivity index (χ4n) is 1.52. The highest BCUT2D eigenvalue weighted by molar-refractivity contribution is 7.98. The molecular weight excluding hydrogens is 184 g/mol. The molecule has 13 heavy (non-hydrogen) atoms. The second-order valence-corrected chi connectivity index (χ2v) is 4.07. The zero-order chi connectivity index (χ0) is 9.26. The summed E-state index contributed by atoms with van der Waals surface area (Å²) in [6.45, 7) is 0.458. The van der Waals surface area contributed by atoms with Crippen molar-refractivity contribution in [2.45, 2.75) is 18.7 Å². The van der Waals surface area contributed by atoms with Crippen molar-refractivity contribution in [3.05, 3.63) is 17.0 Å². The van der Waals surface area contributed by atoms with E-state index in [0.29, 0.717) is 12.5 Å². The molecular formula is C8H12N4S. The van der Waals surface area contributed by atoms with E-state index in [2.05, 4.69) is 9.97 Å². The summed E-state index contributed by atoms with van der Waals surface area (Å²) in [4.78, 5) is 8.35. The Balaban J connectivity index is 2.50. The van der Waals surface area contributed by atoms with Crippen molar-refractivity contribution in [3.63, 3.8) is 0 Å². The SMILES string of the molecule is NCc1nc(N)nc2c1CCSC2. The molecule has 0 atom stereocenters. The van der Waals surface area contributed by atoms with Gasteiger partial charge in [-0.2, -0.15) is 11.8 Å². The molecule has 1 aromatic rings. The highest BCUT2D eigenvalue weighted by Crippen LogP contribution is 2.25. The number of aromatic nitrogens is 2. The van der Waals surface area contributed by atoms with Gasteiger partial charge in [0.1, 0.15) is 0 Å². The molecule has 2 heterocycles. The van der Waals surface area contributed by atoms with Crippen LogP contribution in [0.15, 0.2) is 0 Å². The number of nitrogen functional groups attached to an aromatic ring is 1. The van der Waals surface area contributed by atoms with Gasteiger partial charge in [0.05, 0.1) is 11.4 Å². The molecule has 0 bridgehead atoms. The first-order valence-electron chi connectivity index (χ1n) is 4.23. The zero-order valence-electron chi connectivity index (χ0n) is 7.29. The molecule has 0 spiro atoms. The van der Waals surface area contributed by atoms with Gasteiger partial charge in [-0.3, -0.25) is 0 Å². The summed E-state index contributed by atoms with van der Waals surface area (Å²) in [6, 6.07) is 0. The zero-order valence-corrected chi connectivity index (χ0v) is 8.10. The summed E-state index contributed by atoms with van der Waals surface area (Å²) in [5, 5.41) is 0. The number of nitrogens with zero attached hydrogens (tertiary/aromatic N) is 2. The largest absolute Gasteiger partial charge is 0.368 e. The minimum absolute atomic E-state index is 0.349. The van der Waals surface area contributed by atoms with Gasteiger partial charge >= 0.3 is 0 Å². The number of thioether (sulfide) groups is 1. The van der Waals surface area contributed by atoms with Gasteiger partial charge in [-0.25, -0.2) is 9.97 Å². The monoisotopic (exact) mass is 196 g/mol. The lowest BCUT2D eigenvalue weighted by Crippen LogP contribution is -2.15. The summed E-state index contributed by atoms with van der Waals surface area (Å²) in [5.41, 5.74) is 14.4. The number of hydrogen-bond donors (Lipinski definition) is 2. The number of rotatable bonds is 1. The molecule has 0 amide bonds. The molecule has 0 saturated carbocycles. The average molecular weight is 196 g/mol. The molecule has 1 aliphatic heterocycles. The fourth-order valence-corrected chi connectivity index (χ4v) is 2.45. The smallest absolute Gasteiger partial charge is 0.220 e. The van der Waals surface area contributed by atoms with Crippen LogP contribution in [0.1, 0.15) is 17.0 Å². The minimum atomic E-state index is 0.349. The molecule has 4 N–H and O–H groups in total. The third-order valence-corrected chi connectivity index (χ3v) is 3.09. The molecule has 1 aliphatic rings. The lowest BCUT2D eigenvalue weighted by molar-refractivity contribution is 0.883. The predicted molar refractivity (Wildman–Crippen MR) is 54.2 cm³/mol. The molecule has 5 heteroatoms. The molecule has 0 saturated heterocycles. The maximum absolute atomic E-state index is 5.59. The first kappa shape index (κ1) is 8.77. The molecule has 4 nitrogen and oxygen atoms in total. The van der Waals surface area contributed by atoms with Crippen LogP contribution in [-0.2, 0) is 18.7 Å². The van der Waals surface area contributed by atoms with Gasteiger partial charge in [-0.05, 0) is 17.7 Å². The summed E-state index contributed by atoms with van der Waals surface area (Å²) in [7, 11) is 0. The quantitative estimate of drug-likeness (QED) is 0.675. The van der Waals surface area contributed by atoms with Crippen molar-refractivity contribution in [1.82, 2.24) is 9.97 Å². The Bertz CT molecular complexity index is 309. The number of anilines is 1. The molecule has 0 aromatic carbocycles. The third-order valence-electron chi connectivity index (χ3n) is 2.12. The number of hydrogen-bond acceptors (Lipinski definition) is 5. The van der Waals surface area contributed by atoms with Crippen LogP contribution in [0.2, 0.25) is 0 Å². The van der Waals surface area contributed by atoms with Crippen LogP contribution >= 0.6 is 11.8 Å². The van der Waals surface area contributed by atoms with Crippen LogP contribution in [0, 0.1) is 0 Å². The Kier molecular flexibility index (Phi) is 2.37. The van der Waals surface area contributed by atoms with E-state index in [1.165, 1.54) is 5.56 Å². The average Bonchev–Trinajstić information content (AvgIpc) is 2.16. The Morgan fingerprint density at radius 3 is 3.00 bits per heavy atom. The van der Waals surface area contributed by atoms with Crippen molar-refractivity contribution in [2.24, 2.45) is 5.73 Å². The molecule has 2 rings (SSSR count). The Labute approximate surface area is 81.1 Å². The summed E-state index contributed by atoms with van der Waals surface area (Å²) >= 11 is 1.88. The van der Waals surface area contributed by atoms with Crippen LogP contribution in [-0.4, -0.2) is 15.7 Å². The standard InChI is InChI=1S/C8H12N4S/c9-3-6-5-1-2-13-4-7(5)12-8(10)11-6/h1-4,9H2,(H2,10,11,12). The molecule has 1 aromatic heterocycles. The van der Waals surface area contributed by atoms with E-state index in [-0.39, 0.29) is 0 Å². The van der Waals surface area contributed by atoms with E-state index in [0.717, 1.165) is 29.3 Å². The highest BCUT2D eigenvalue weighted by Gasteiger charge is 2.15. The fraction of sp³-hybridized carbons (Fsp3) is 0.500. The van der Waals surface area contributed by atoms with Crippen molar-refractivity contribution >= 4 is 17.7 Å². The molecule has 0 radical (unpaired) electrons. The van der Waals surface area contributed by atoms with Crippen molar-refractivity contribution in [2.75, 3.05) is 11.5 Å². The summed E-state index contributed by atoms with van der Waals surface area (Å²) in [6.07, 6.45) is 1.02. The minimum Gasteiger partial charge on any atom is -0.368 e. The van der Waals surface area contributed by atoms with E-state index < -0.39 is 0 Å². The van der Waals surface area contributed by atoms with Crippen molar-refractivity contribution in [1.29, 1.82) is 0 Å². The van der Waals surface area contributed by atoms with Crippen LogP contribution in [0.4, 0.5) is 5.95 Å². The number of nitrogens with two attached hydrogens (primary N) is 2. The molecule has 0 aliphatic carbocycles. The second kappa shape index (κ2) is 3.51. The van der Waals surface area contributed by atoms with Gasteiger partial charge in [-0.15, -0.1) is 0 Å². The third kappa shape index (κ3) is 1.62. The molecule has 0 unspecified atom stereocenters. The Morgan fingerprint density at radius 2 is 2.23 bits per heavy atom. The van der Waals surface area contributed by atoms with Gasteiger partial charge in [0, 0.05) is 12.3 Å². The highest BCUT2D eigenvalue weighted by atomic mass is 32.2. The van der Waals surface area contributed by atoms with E-state index in [4.69, 9.17) is 11.5 Å². The van der Waals surface area contributed by atoms with Gasteiger partial charge in [0.2, 0.25) is 5.95 Å². The molecule has 0 fully saturated rings. The van der Waals surface area contributed by atoms with E-state index in [1.807, 2.05) is 11.8 Å². The maximum atomic E-state index is 5.59.